The maximum absolute atomic E-state index is 12.9. The molecule has 4 rings (SSSR count). The van der Waals surface area contributed by atoms with Crippen LogP contribution in [0.3, 0.4) is 0 Å². The Labute approximate surface area is 156 Å². The number of aromatic amines is 1. The molecule has 1 amide bonds. The van der Waals surface area contributed by atoms with Crippen LogP contribution in [0.4, 0.5) is 0 Å². The first kappa shape index (κ1) is 16.4. The van der Waals surface area contributed by atoms with Gasteiger partial charge in [0.25, 0.3) is 5.91 Å². The van der Waals surface area contributed by atoms with Gasteiger partial charge in [-0.05, 0) is 47.7 Å². The van der Waals surface area contributed by atoms with E-state index in [-0.39, 0.29) is 11.9 Å². The summed E-state index contributed by atoms with van der Waals surface area (Å²) in [7, 11) is 0. The predicted octanol–water partition coefficient (Wildman–Crippen LogP) is 2.79. The largest absolute Gasteiger partial charge is 0.342 e. The fraction of sp³-hybridized carbons (Fsp3) is 0.118. The average molecular weight is 412 g/mol. The Bertz CT molecular complexity index is 1040. The van der Waals surface area contributed by atoms with Gasteiger partial charge >= 0.3 is 0 Å². The fourth-order valence-electron chi connectivity index (χ4n) is 2.68. The first-order chi connectivity index (χ1) is 12.6. The number of carbonyl (C=O) groups excluding carboxylic acids is 1. The smallest absolute Gasteiger partial charge is 0.254 e. The summed E-state index contributed by atoms with van der Waals surface area (Å²) in [5.41, 5.74) is 2.84. The lowest BCUT2D eigenvalue weighted by Gasteiger charge is -2.14. The summed E-state index contributed by atoms with van der Waals surface area (Å²) in [6, 6.07) is 12.8. The van der Waals surface area contributed by atoms with Crippen LogP contribution in [0.1, 0.15) is 29.1 Å². The number of imidazole rings is 1. The molecular formula is C17H14BrN7O. The third-order valence-corrected chi connectivity index (χ3v) is 4.46. The van der Waals surface area contributed by atoms with Crippen LogP contribution in [0.5, 0.6) is 0 Å². The number of carbonyl (C=O) groups is 1. The van der Waals surface area contributed by atoms with Crippen molar-refractivity contribution < 1.29 is 4.79 Å². The van der Waals surface area contributed by atoms with Gasteiger partial charge in [-0.15, -0.1) is 5.10 Å². The van der Waals surface area contributed by atoms with Gasteiger partial charge in [0, 0.05) is 4.47 Å². The molecule has 0 aliphatic carbocycles. The highest BCUT2D eigenvalue weighted by Gasteiger charge is 2.19. The number of hydrogen-bond donors (Lipinski definition) is 2. The molecule has 8 nitrogen and oxygen atoms in total. The Balaban J connectivity index is 1.63. The SMILES string of the molecule is CC(NC(=O)c1cc(Br)ccc1-n1cnnn1)c1nc2ccccc2[nH]1. The van der Waals surface area contributed by atoms with Gasteiger partial charge in [-0.25, -0.2) is 4.98 Å². The molecule has 130 valence electrons. The summed E-state index contributed by atoms with van der Waals surface area (Å²) >= 11 is 3.40. The van der Waals surface area contributed by atoms with Gasteiger partial charge in [0.2, 0.25) is 0 Å². The zero-order valence-corrected chi connectivity index (χ0v) is 15.3. The molecule has 2 N–H and O–H groups in total. The number of halogens is 1. The van der Waals surface area contributed by atoms with Crippen LogP contribution < -0.4 is 5.32 Å². The van der Waals surface area contributed by atoms with E-state index >= 15 is 0 Å². The zero-order valence-electron chi connectivity index (χ0n) is 13.7. The van der Waals surface area contributed by atoms with Crippen molar-refractivity contribution in [2.45, 2.75) is 13.0 Å². The van der Waals surface area contributed by atoms with Crippen LogP contribution in [-0.4, -0.2) is 36.1 Å². The standard InChI is InChI=1S/C17H14BrN7O/c1-10(16-21-13-4-2-3-5-14(13)22-16)20-17(26)12-8-11(18)6-7-15(12)25-9-19-23-24-25/h2-10H,1H3,(H,20,26)(H,21,22). The first-order valence-corrected chi connectivity index (χ1v) is 8.69. The molecule has 1 unspecified atom stereocenters. The van der Waals surface area contributed by atoms with Crippen LogP contribution in [0.2, 0.25) is 0 Å². The minimum absolute atomic E-state index is 0.246. The van der Waals surface area contributed by atoms with E-state index in [9.17, 15) is 4.79 Å². The van der Waals surface area contributed by atoms with E-state index in [1.165, 1.54) is 11.0 Å². The van der Waals surface area contributed by atoms with E-state index < -0.39 is 0 Å². The molecular weight excluding hydrogens is 398 g/mol. The van der Waals surface area contributed by atoms with Crippen LogP contribution in [-0.2, 0) is 0 Å². The molecule has 0 radical (unpaired) electrons. The summed E-state index contributed by atoms with van der Waals surface area (Å²) in [5.74, 6) is 0.447. The number of hydrogen-bond acceptors (Lipinski definition) is 5. The Morgan fingerprint density at radius 3 is 2.88 bits per heavy atom. The molecule has 4 aromatic rings. The number of H-pyrrole nitrogens is 1. The van der Waals surface area contributed by atoms with E-state index in [1.54, 1.807) is 12.1 Å². The van der Waals surface area contributed by atoms with Crippen molar-refractivity contribution in [3.05, 3.63) is 64.7 Å². The van der Waals surface area contributed by atoms with Gasteiger partial charge in [0.1, 0.15) is 12.2 Å². The van der Waals surface area contributed by atoms with Gasteiger partial charge in [-0.2, -0.15) is 4.68 Å². The molecule has 0 aliphatic heterocycles. The quantitative estimate of drug-likeness (QED) is 0.537. The highest BCUT2D eigenvalue weighted by Crippen LogP contribution is 2.21. The monoisotopic (exact) mass is 411 g/mol. The number of nitrogens with zero attached hydrogens (tertiary/aromatic N) is 5. The second-order valence-electron chi connectivity index (χ2n) is 5.75. The third kappa shape index (κ3) is 3.08. The molecule has 0 aliphatic rings. The molecule has 2 aromatic heterocycles. The van der Waals surface area contributed by atoms with Crippen molar-refractivity contribution in [3.8, 4) is 5.69 Å². The lowest BCUT2D eigenvalue weighted by atomic mass is 10.1. The second kappa shape index (κ2) is 6.68. The van der Waals surface area contributed by atoms with Crippen LogP contribution >= 0.6 is 15.9 Å². The van der Waals surface area contributed by atoms with Crippen LogP contribution in [0.15, 0.2) is 53.3 Å². The molecule has 2 heterocycles. The van der Waals surface area contributed by atoms with Gasteiger partial charge in [0.05, 0.1) is 28.3 Å². The Morgan fingerprint density at radius 1 is 1.27 bits per heavy atom. The maximum atomic E-state index is 12.9. The number of tetrazole rings is 1. The molecule has 2 aromatic carbocycles. The summed E-state index contributed by atoms with van der Waals surface area (Å²) in [4.78, 5) is 20.6. The normalized spacial score (nSPS) is 12.2. The summed E-state index contributed by atoms with van der Waals surface area (Å²) in [6.07, 6.45) is 1.45. The number of benzene rings is 2. The van der Waals surface area contributed by atoms with Gasteiger partial charge < -0.3 is 10.3 Å². The molecule has 9 heteroatoms. The average Bonchev–Trinajstić information content (AvgIpc) is 3.31. The highest BCUT2D eigenvalue weighted by atomic mass is 79.9. The van der Waals surface area contributed by atoms with Crippen molar-refractivity contribution in [1.82, 2.24) is 35.5 Å². The number of nitrogens with one attached hydrogen (secondary N) is 2. The minimum atomic E-state index is -0.296. The molecule has 1 atom stereocenters. The Morgan fingerprint density at radius 2 is 2.12 bits per heavy atom. The molecule has 0 bridgehead atoms. The van der Waals surface area contributed by atoms with Crippen molar-refractivity contribution >= 4 is 32.9 Å². The van der Waals surface area contributed by atoms with Crippen molar-refractivity contribution in [3.63, 3.8) is 0 Å². The number of amides is 1. The predicted molar refractivity (Wildman–Crippen MR) is 98.8 cm³/mol. The van der Waals surface area contributed by atoms with Gasteiger partial charge in [0.15, 0.2) is 0 Å². The number of fused-ring (bicyclic) bond motifs is 1. The Hall–Kier alpha value is -3.07. The van der Waals surface area contributed by atoms with Crippen molar-refractivity contribution in [2.24, 2.45) is 0 Å². The fourth-order valence-corrected chi connectivity index (χ4v) is 3.04. The lowest BCUT2D eigenvalue weighted by molar-refractivity contribution is 0.0938. The number of para-hydroxylation sites is 2. The molecule has 0 spiro atoms. The van der Waals surface area contributed by atoms with Crippen LogP contribution in [0.25, 0.3) is 16.7 Å². The van der Waals surface area contributed by atoms with Crippen LogP contribution in [0, 0.1) is 0 Å². The number of aromatic nitrogens is 6. The summed E-state index contributed by atoms with van der Waals surface area (Å²) in [6.45, 7) is 1.88. The highest BCUT2D eigenvalue weighted by molar-refractivity contribution is 9.10. The maximum Gasteiger partial charge on any atom is 0.254 e. The van der Waals surface area contributed by atoms with Crippen molar-refractivity contribution in [2.75, 3.05) is 0 Å². The van der Waals surface area contributed by atoms with E-state index in [0.29, 0.717) is 17.1 Å². The zero-order chi connectivity index (χ0) is 18.1. The van der Waals surface area contributed by atoms with Gasteiger partial charge in [-0.1, -0.05) is 28.1 Å². The lowest BCUT2D eigenvalue weighted by Crippen LogP contribution is -2.28. The molecule has 0 saturated carbocycles. The molecule has 26 heavy (non-hydrogen) atoms. The molecule has 0 fully saturated rings. The first-order valence-electron chi connectivity index (χ1n) is 7.90. The summed E-state index contributed by atoms with van der Waals surface area (Å²) in [5, 5.41) is 14.1. The summed E-state index contributed by atoms with van der Waals surface area (Å²) < 4.78 is 2.24. The van der Waals surface area contributed by atoms with Gasteiger partial charge in [-0.3, -0.25) is 4.79 Å². The Kier molecular flexibility index (Phi) is 4.21. The van der Waals surface area contributed by atoms with Crippen molar-refractivity contribution in [1.29, 1.82) is 0 Å². The van der Waals surface area contributed by atoms with E-state index in [4.69, 9.17) is 0 Å². The van der Waals surface area contributed by atoms with E-state index in [2.05, 4.69) is 46.7 Å². The van der Waals surface area contributed by atoms with E-state index in [1.807, 2.05) is 37.3 Å². The third-order valence-electron chi connectivity index (χ3n) is 3.96. The molecule has 0 saturated heterocycles. The topological polar surface area (TPSA) is 101 Å². The van der Waals surface area contributed by atoms with E-state index in [0.717, 1.165) is 15.5 Å². The number of rotatable bonds is 4. The second-order valence-corrected chi connectivity index (χ2v) is 6.67. The minimum Gasteiger partial charge on any atom is -0.342 e.